The Kier molecular flexibility index (Phi) is 6.52. The first-order valence-electron chi connectivity index (χ1n) is 12.6. The first-order valence-corrected chi connectivity index (χ1v) is 12.6. The number of hydrogen-bond donors (Lipinski definition) is 1. The molecule has 0 radical (unpaired) electrons. The minimum atomic E-state index is -0.0796. The topological polar surface area (TPSA) is 54.3 Å². The molecule has 1 saturated heterocycles. The van der Waals surface area contributed by atoms with E-state index in [-0.39, 0.29) is 17.9 Å². The summed E-state index contributed by atoms with van der Waals surface area (Å²) in [5, 5.41) is 3.22. The lowest BCUT2D eigenvalue weighted by Gasteiger charge is -2.22. The number of amides is 2. The van der Waals surface area contributed by atoms with E-state index in [1.165, 1.54) is 5.56 Å². The molecular weight excluding hydrogens is 422 g/mol. The quantitative estimate of drug-likeness (QED) is 0.546. The van der Waals surface area contributed by atoms with E-state index in [2.05, 4.69) is 53.2 Å². The van der Waals surface area contributed by atoms with Crippen molar-refractivity contribution in [3.05, 3.63) is 94.8 Å². The van der Waals surface area contributed by atoms with Crippen molar-refractivity contribution in [3.63, 3.8) is 0 Å². The summed E-state index contributed by atoms with van der Waals surface area (Å²) in [6.45, 7) is 4.37. The van der Waals surface area contributed by atoms with Gasteiger partial charge in [0, 0.05) is 31.2 Å². The van der Waals surface area contributed by atoms with Crippen LogP contribution in [0.15, 0.2) is 66.7 Å². The predicted octanol–water partition coefficient (Wildman–Crippen LogP) is 5.34. The van der Waals surface area contributed by atoms with Crippen LogP contribution in [-0.4, -0.2) is 34.4 Å². The van der Waals surface area contributed by atoms with E-state index in [9.17, 15) is 9.59 Å². The number of fused-ring (bicyclic) bond motifs is 1. The lowest BCUT2D eigenvalue weighted by Crippen LogP contribution is -2.31. The van der Waals surface area contributed by atoms with E-state index in [1.807, 2.05) is 35.2 Å². The van der Waals surface area contributed by atoms with Gasteiger partial charge < -0.3 is 14.8 Å². The molecule has 1 N–H and O–H groups in total. The largest absolute Gasteiger partial charge is 0.345 e. The van der Waals surface area contributed by atoms with Gasteiger partial charge in [-0.2, -0.15) is 0 Å². The van der Waals surface area contributed by atoms with E-state index in [4.69, 9.17) is 0 Å². The molecule has 1 fully saturated rings. The molecule has 2 amide bonds. The van der Waals surface area contributed by atoms with Crippen LogP contribution in [0.2, 0.25) is 0 Å². The number of carbonyl (C=O) groups excluding carboxylic acids is 2. The smallest absolute Gasteiger partial charge is 0.270 e. The fourth-order valence-electron chi connectivity index (χ4n) is 5.50. The van der Waals surface area contributed by atoms with Gasteiger partial charge in [0.25, 0.3) is 11.8 Å². The highest BCUT2D eigenvalue weighted by Gasteiger charge is 2.32. The molecule has 5 rings (SSSR count). The SMILES string of the molecule is CCC(NC(=O)c1cc(C(=O)N2CCC(c3ccccc3)C2)n2c1CCCC2)c1ccccc1. The van der Waals surface area contributed by atoms with Crippen molar-refractivity contribution >= 4 is 11.8 Å². The summed E-state index contributed by atoms with van der Waals surface area (Å²) in [6.07, 6.45) is 4.72. The summed E-state index contributed by atoms with van der Waals surface area (Å²) in [4.78, 5) is 29.0. The summed E-state index contributed by atoms with van der Waals surface area (Å²) in [5.41, 5.74) is 4.74. The number of nitrogens with zero attached hydrogens (tertiary/aromatic N) is 2. The molecule has 2 aromatic carbocycles. The molecule has 0 bridgehead atoms. The molecule has 0 spiro atoms. The van der Waals surface area contributed by atoms with Crippen molar-refractivity contribution < 1.29 is 9.59 Å². The summed E-state index contributed by atoms with van der Waals surface area (Å²) >= 11 is 0. The second-order valence-corrected chi connectivity index (χ2v) is 9.49. The van der Waals surface area contributed by atoms with Crippen LogP contribution in [0.5, 0.6) is 0 Å². The van der Waals surface area contributed by atoms with Gasteiger partial charge in [0.15, 0.2) is 0 Å². The Labute approximate surface area is 201 Å². The molecule has 2 aliphatic heterocycles. The van der Waals surface area contributed by atoms with Gasteiger partial charge in [0.1, 0.15) is 5.69 Å². The number of rotatable bonds is 6. The summed E-state index contributed by atoms with van der Waals surface area (Å²) in [5.74, 6) is 0.347. The molecule has 2 unspecified atom stereocenters. The maximum Gasteiger partial charge on any atom is 0.270 e. The van der Waals surface area contributed by atoms with Crippen LogP contribution in [0, 0.1) is 0 Å². The Hall–Kier alpha value is -3.34. The molecule has 3 aromatic rings. The van der Waals surface area contributed by atoms with Crippen molar-refractivity contribution in [2.24, 2.45) is 0 Å². The summed E-state index contributed by atoms with van der Waals surface area (Å²) < 4.78 is 2.11. The molecule has 2 aliphatic rings. The zero-order valence-electron chi connectivity index (χ0n) is 19.9. The number of hydrogen-bond acceptors (Lipinski definition) is 2. The number of carbonyl (C=O) groups is 2. The first kappa shape index (κ1) is 22.5. The number of likely N-dealkylation sites (tertiary alicyclic amines) is 1. The van der Waals surface area contributed by atoms with Crippen LogP contribution in [0.1, 0.15) is 82.2 Å². The normalized spacial score (nSPS) is 18.4. The Morgan fingerprint density at radius 2 is 1.74 bits per heavy atom. The molecule has 34 heavy (non-hydrogen) atoms. The van der Waals surface area contributed by atoms with Gasteiger partial charge in [-0.15, -0.1) is 0 Å². The Morgan fingerprint density at radius 1 is 1.00 bits per heavy atom. The lowest BCUT2D eigenvalue weighted by atomic mass is 9.99. The van der Waals surface area contributed by atoms with Crippen LogP contribution in [0.3, 0.4) is 0 Å². The van der Waals surface area contributed by atoms with Crippen molar-refractivity contribution in [1.29, 1.82) is 0 Å². The van der Waals surface area contributed by atoms with Crippen molar-refractivity contribution in [3.8, 4) is 0 Å². The van der Waals surface area contributed by atoms with Crippen LogP contribution in [-0.2, 0) is 13.0 Å². The van der Waals surface area contributed by atoms with Gasteiger partial charge in [-0.3, -0.25) is 9.59 Å². The van der Waals surface area contributed by atoms with Crippen LogP contribution in [0.25, 0.3) is 0 Å². The minimum Gasteiger partial charge on any atom is -0.345 e. The Morgan fingerprint density at radius 3 is 2.47 bits per heavy atom. The first-order chi connectivity index (χ1) is 16.7. The number of aromatic nitrogens is 1. The van der Waals surface area contributed by atoms with Crippen LogP contribution in [0.4, 0.5) is 0 Å². The fourth-order valence-corrected chi connectivity index (χ4v) is 5.50. The van der Waals surface area contributed by atoms with Gasteiger partial charge in [0.05, 0.1) is 11.6 Å². The van der Waals surface area contributed by atoms with Gasteiger partial charge in [-0.1, -0.05) is 67.6 Å². The second-order valence-electron chi connectivity index (χ2n) is 9.49. The van der Waals surface area contributed by atoms with Gasteiger partial charge in [-0.25, -0.2) is 0 Å². The van der Waals surface area contributed by atoms with Gasteiger partial charge in [0.2, 0.25) is 0 Å². The predicted molar refractivity (Wildman–Crippen MR) is 134 cm³/mol. The molecule has 1 aromatic heterocycles. The van der Waals surface area contributed by atoms with Crippen LogP contribution >= 0.6 is 0 Å². The molecule has 0 saturated carbocycles. The third-order valence-corrected chi connectivity index (χ3v) is 7.38. The standard InChI is InChI=1S/C29H33N3O2/c1-2-25(22-13-7-4-8-14-22)30-28(33)24-19-27(32-17-10-9-15-26(24)32)29(34)31-18-16-23(20-31)21-11-5-3-6-12-21/h3-8,11-14,19,23,25H,2,9-10,15-18,20H2,1H3,(H,30,33). The van der Waals surface area contributed by atoms with E-state index in [0.717, 1.165) is 63.0 Å². The van der Waals surface area contributed by atoms with Gasteiger partial charge in [-0.05, 0) is 49.3 Å². The summed E-state index contributed by atoms with van der Waals surface area (Å²) in [6, 6.07) is 22.4. The molecular formula is C29H33N3O2. The van der Waals surface area contributed by atoms with Crippen molar-refractivity contribution in [2.75, 3.05) is 13.1 Å². The maximum absolute atomic E-state index is 13.6. The Bertz CT molecular complexity index is 1150. The zero-order valence-corrected chi connectivity index (χ0v) is 19.9. The highest BCUT2D eigenvalue weighted by Crippen LogP contribution is 2.30. The average Bonchev–Trinajstić information content (AvgIpc) is 3.54. The average molecular weight is 456 g/mol. The fraction of sp³-hybridized carbons (Fsp3) is 0.379. The monoisotopic (exact) mass is 455 g/mol. The highest BCUT2D eigenvalue weighted by molar-refractivity contribution is 6.01. The molecule has 5 heteroatoms. The van der Waals surface area contributed by atoms with Crippen molar-refractivity contribution in [1.82, 2.24) is 14.8 Å². The molecule has 3 heterocycles. The number of benzene rings is 2. The van der Waals surface area contributed by atoms with E-state index in [0.29, 0.717) is 17.2 Å². The second kappa shape index (κ2) is 9.88. The molecule has 5 nitrogen and oxygen atoms in total. The number of nitrogens with one attached hydrogen (secondary N) is 1. The van der Waals surface area contributed by atoms with Crippen LogP contribution < -0.4 is 5.32 Å². The van der Waals surface area contributed by atoms with E-state index >= 15 is 0 Å². The third-order valence-electron chi connectivity index (χ3n) is 7.38. The van der Waals surface area contributed by atoms with E-state index in [1.54, 1.807) is 0 Å². The minimum absolute atomic E-state index is 0.0443. The molecule has 2 atom stereocenters. The maximum atomic E-state index is 13.6. The Balaban J connectivity index is 1.37. The highest BCUT2D eigenvalue weighted by atomic mass is 16.2. The molecule has 176 valence electrons. The lowest BCUT2D eigenvalue weighted by molar-refractivity contribution is 0.0778. The molecule has 0 aliphatic carbocycles. The van der Waals surface area contributed by atoms with E-state index < -0.39 is 0 Å². The van der Waals surface area contributed by atoms with Crippen molar-refractivity contribution in [2.45, 2.75) is 57.5 Å². The zero-order chi connectivity index (χ0) is 23.5. The van der Waals surface area contributed by atoms with Gasteiger partial charge >= 0.3 is 0 Å². The summed E-state index contributed by atoms with van der Waals surface area (Å²) in [7, 11) is 0. The third kappa shape index (κ3) is 4.39.